The molecule has 122 valence electrons. The molecular weight excluding hydrogens is 282 g/mol. The Morgan fingerprint density at radius 1 is 1.00 bits per heavy atom. The van der Waals surface area contributed by atoms with Crippen molar-refractivity contribution in [3.8, 4) is 11.4 Å². The molecular formula is C20H27N3. The molecule has 0 saturated heterocycles. The Bertz CT molecular complexity index is 596. The zero-order valence-electron chi connectivity index (χ0n) is 14.0. The van der Waals surface area contributed by atoms with Gasteiger partial charge in [0.15, 0.2) is 5.82 Å². The van der Waals surface area contributed by atoms with Crippen molar-refractivity contribution >= 4 is 5.69 Å². The van der Waals surface area contributed by atoms with Crippen LogP contribution in [0.15, 0.2) is 36.7 Å². The molecule has 2 aromatic rings. The zero-order chi connectivity index (χ0) is 16.1. The third-order valence-electron chi connectivity index (χ3n) is 5.12. The Hall–Kier alpha value is -1.90. The molecule has 0 amide bonds. The topological polar surface area (TPSA) is 51.8 Å². The molecule has 0 spiro atoms. The van der Waals surface area contributed by atoms with E-state index in [-0.39, 0.29) is 0 Å². The van der Waals surface area contributed by atoms with Gasteiger partial charge in [0, 0.05) is 5.56 Å². The molecule has 2 N–H and O–H groups in total. The fourth-order valence-electron chi connectivity index (χ4n) is 3.67. The predicted octanol–water partition coefficient (Wildman–Crippen LogP) is 5.19. The minimum absolute atomic E-state index is 0.602. The van der Waals surface area contributed by atoms with Crippen molar-refractivity contribution in [2.75, 3.05) is 5.73 Å². The molecule has 3 nitrogen and oxygen atoms in total. The van der Waals surface area contributed by atoms with Crippen molar-refractivity contribution in [3.63, 3.8) is 0 Å². The second kappa shape index (κ2) is 7.58. The van der Waals surface area contributed by atoms with Gasteiger partial charge >= 0.3 is 0 Å². The number of nitrogens with zero attached hydrogens (tertiary/aromatic N) is 2. The van der Waals surface area contributed by atoms with E-state index in [1.54, 1.807) is 12.4 Å². The van der Waals surface area contributed by atoms with Gasteiger partial charge in [0.2, 0.25) is 0 Å². The fourth-order valence-corrected chi connectivity index (χ4v) is 3.67. The number of hydrogen-bond acceptors (Lipinski definition) is 3. The Morgan fingerprint density at radius 3 is 2.26 bits per heavy atom. The number of unbranched alkanes of at least 4 members (excludes halogenated alkanes) is 1. The van der Waals surface area contributed by atoms with E-state index in [0.717, 1.165) is 23.2 Å². The molecule has 3 heteroatoms. The minimum atomic E-state index is 0.602. The van der Waals surface area contributed by atoms with Crippen LogP contribution in [0.5, 0.6) is 0 Å². The normalized spacial score (nSPS) is 21.3. The van der Waals surface area contributed by atoms with Crippen LogP contribution >= 0.6 is 0 Å². The van der Waals surface area contributed by atoms with Gasteiger partial charge in [-0.25, -0.2) is 9.97 Å². The first-order valence-electron chi connectivity index (χ1n) is 8.94. The summed E-state index contributed by atoms with van der Waals surface area (Å²) in [6, 6.07) is 8.80. The van der Waals surface area contributed by atoms with Gasteiger partial charge in [-0.2, -0.15) is 0 Å². The van der Waals surface area contributed by atoms with E-state index in [9.17, 15) is 0 Å². The van der Waals surface area contributed by atoms with E-state index in [1.165, 1.54) is 50.5 Å². The van der Waals surface area contributed by atoms with Crippen LogP contribution in [-0.4, -0.2) is 9.97 Å². The molecule has 1 aliphatic carbocycles. The molecule has 1 aliphatic rings. The lowest BCUT2D eigenvalue weighted by atomic mass is 9.77. The maximum atomic E-state index is 5.64. The maximum Gasteiger partial charge on any atom is 0.159 e. The van der Waals surface area contributed by atoms with Crippen LogP contribution in [0.3, 0.4) is 0 Å². The first-order chi connectivity index (χ1) is 11.3. The van der Waals surface area contributed by atoms with Gasteiger partial charge in [-0.15, -0.1) is 0 Å². The molecule has 1 fully saturated rings. The Labute approximate surface area is 139 Å². The minimum Gasteiger partial charge on any atom is -0.396 e. The first-order valence-corrected chi connectivity index (χ1v) is 8.94. The molecule has 0 bridgehead atoms. The van der Waals surface area contributed by atoms with Gasteiger partial charge in [-0.05, 0) is 43.1 Å². The van der Waals surface area contributed by atoms with Crippen molar-refractivity contribution in [2.24, 2.45) is 5.92 Å². The third kappa shape index (κ3) is 4.10. The predicted molar refractivity (Wildman–Crippen MR) is 96.1 cm³/mol. The Balaban J connectivity index is 1.61. The lowest BCUT2D eigenvalue weighted by Crippen LogP contribution is -2.13. The maximum absolute atomic E-state index is 5.64. The van der Waals surface area contributed by atoms with Crippen molar-refractivity contribution in [2.45, 2.75) is 57.8 Å². The molecule has 1 saturated carbocycles. The third-order valence-corrected chi connectivity index (χ3v) is 5.12. The number of aromatic nitrogens is 2. The SMILES string of the molecule is CCCCC1CCC(c2ccc(-c3ncc(N)cn3)cc2)CC1. The highest BCUT2D eigenvalue weighted by molar-refractivity contribution is 5.56. The van der Waals surface area contributed by atoms with Gasteiger partial charge in [-0.3, -0.25) is 0 Å². The summed E-state index contributed by atoms with van der Waals surface area (Å²) in [5.74, 6) is 2.44. The summed E-state index contributed by atoms with van der Waals surface area (Å²) in [5.41, 5.74) is 8.78. The quantitative estimate of drug-likeness (QED) is 0.827. The van der Waals surface area contributed by atoms with E-state index in [1.807, 2.05) is 0 Å². The number of nitrogen functional groups attached to an aromatic ring is 1. The molecule has 1 heterocycles. The molecule has 0 atom stereocenters. The summed E-state index contributed by atoms with van der Waals surface area (Å²) >= 11 is 0. The number of rotatable bonds is 5. The van der Waals surface area contributed by atoms with Crippen LogP contribution in [0.4, 0.5) is 5.69 Å². The van der Waals surface area contributed by atoms with Crippen LogP contribution in [0, 0.1) is 5.92 Å². The fraction of sp³-hybridized carbons (Fsp3) is 0.500. The van der Waals surface area contributed by atoms with E-state index in [2.05, 4.69) is 41.2 Å². The zero-order valence-corrected chi connectivity index (χ0v) is 14.0. The highest BCUT2D eigenvalue weighted by Gasteiger charge is 2.21. The Kier molecular flexibility index (Phi) is 5.27. The number of nitrogens with two attached hydrogens (primary N) is 1. The second-order valence-corrected chi connectivity index (χ2v) is 6.82. The monoisotopic (exact) mass is 309 g/mol. The van der Waals surface area contributed by atoms with E-state index >= 15 is 0 Å². The van der Waals surface area contributed by atoms with E-state index in [0.29, 0.717) is 5.69 Å². The molecule has 0 aliphatic heterocycles. The first kappa shape index (κ1) is 16.0. The smallest absolute Gasteiger partial charge is 0.159 e. The lowest BCUT2D eigenvalue weighted by molar-refractivity contribution is 0.304. The van der Waals surface area contributed by atoms with E-state index < -0.39 is 0 Å². The molecule has 23 heavy (non-hydrogen) atoms. The van der Waals surface area contributed by atoms with Crippen molar-refractivity contribution < 1.29 is 0 Å². The summed E-state index contributed by atoms with van der Waals surface area (Å²) in [6.07, 6.45) is 12.9. The number of benzene rings is 1. The van der Waals surface area contributed by atoms with Gasteiger partial charge in [0.05, 0.1) is 18.1 Å². The average Bonchev–Trinajstić information content (AvgIpc) is 2.61. The molecule has 0 unspecified atom stereocenters. The van der Waals surface area contributed by atoms with Gasteiger partial charge in [0.1, 0.15) is 0 Å². The van der Waals surface area contributed by atoms with Crippen LogP contribution < -0.4 is 5.73 Å². The summed E-state index contributed by atoms with van der Waals surface area (Å²) in [4.78, 5) is 8.59. The van der Waals surface area contributed by atoms with Crippen LogP contribution in [0.25, 0.3) is 11.4 Å². The summed E-state index contributed by atoms with van der Waals surface area (Å²) < 4.78 is 0. The number of hydrogen-bond donors (Lipinski definition) is 1. The summed E-state index contributed by atoms with van der Waals surface area (Å²) in [7, 11) is 0. The summed E-state index contributed by atoms with van der Waals surface area (Å²) in [5, 5.41) is 0. The van der Waals surface area contributed by atoms with Crippen LogP contribution in [0.2, 0.25) is 0 Å². The molecule has 0 radical (unpaired) electrons. The standard InChI is InChI=1S/C20H27N3/c1-2-3-4-15-5-7-16(8-6-15)17-9-11-18(12-10-17)20-22-13-19(21)14-23-20/h9-16H,2-8,21H2,1H3. The van der Waals surface area contributed by atoms with Crippen molar-refractivity contribution in [1.29, 1.82) is 0 Å². The van der Waals surface area contributed by atoms with E-state index in [4.69, 9.17) is 5.73 Å². The molecule has 3 rings (SSSR count). The van der Waals surface area contributed by atoms with Crippen molar-refractivity contribution in [3.05, 3.63) is 42.2 Å². The number of anilines is 1. The summed E-state index contributed by atoms with van der Waals surface area (Å²) in [6.45, 7) is 2.29. The van der Waals surface area contributed by atoms with Crippen LogP contribution in [0.1, 0.15) is 63.4 Å². The van der Waals surface area contributed by atoms with Gasteiger partial charge < -0.3 is 5.73 Å². The molecule has 1 aromatic heterocycles. The van der Waals surface area contributed by atoms with Gasteiger partial charge in [-0.1, -0.05) is 50.5 Å². The Morgan fingerprint density at radius 2 is 1.65 bits per heavy atom. The lowest BCUT2D eigenvalue weighted by Gasteiger charge is -2.28. The second-order valence-electron chi connectivity index (χ2n) is 6.82. The largest absolute Gasteiger partial charge is 0.396 e. The average molecular weight is 309 g/mol. The highest BCUT2D eigenvalue weighted by atomic mass is 14.9. The van der Waals surface area contributed by atoms with Gasteiger partial charge in [0.25, 0.3) is 0 Å². The molecule has 1 aromatic carbocycles. The highest BCUT2D eigenvalue weighted by Crippen LogP contribution is 2.38. The van der Waals surface area contributed by atoms with Crippen molar-refractivity contribution in [1.82, 2.24) is 9.97 Å². The van der Waals surface area contributed by atoms with Crippen LogP contribution in [-0.2, 0) is 0 Å².